The molecule has 2 N–H and O–H groups in total. The van der Waals surface area contributed by atoms with Crippen molar-refractivity contribution in [1.29, 1.82) is 0 Å². The molecule has 1 rings (SSSR count). The minimum absolute atomic E-state index is 0.0444. The van der Waals surface area contributed by atoms with Gasteiger partial charge >= 0.3 is 18.2 Å². The number of rotatable bonds is 2. The Morgan fingerprint density at radius 2 is 1.56 bits per heavy atom. The fraction of sp³-hybridized carbons (Fsp3) is 0.471. The molecule has 25 heavy (non-hydrogen) atoms. The van der Waals surface area contributed by atoms with Crippen LogP contribution >= 0.6 is 0 Å². The van der Waals surface area contributed by atoms with E-state index in [9.17, 15) is 14.4 Å². The lowest BCUT2D eigenvalue weighted by Gasteiger charge is -2.28. The highest BCUT2D eigenvalue weighted by Gasteiger charge is 2.27. The average molecular weight is 352 g/mol. The molecule has 0 unspecified atom stereocenters. The minimum atomic E-state index is -1.16. The second-order valence-corrected chi connectivity index (χ2v) is 7.28. The second-order valence-electron chi connectivity index (χ2n) is 7.28. The van der Waals surface area contributed by atoms with E-state index >= 15 is 0 Å². The van der Waals surface area contributed by atoms with Crippen LogP contribution in [0.4, 0.5) is 15.3 Å². The van der Waals surface area contributed by atoms with Gasteiger partial charge in [-0.3, -0.25) is 0 Å². The number of hydrazine groups is 1. The van der Waals surface area contributed by atoms with Crippen LogP contribution in [0.1, 0.15) is 51.9 Å². The first-order valence-corrected chi connectivity index (χ1v) is 7.64. The lowest BCUT2D eigenvalue weighted by Crippen LogP contribution is -2.50. The predicted octanol–water partition coefficient (Wildman–Crippen LogP) is 3.57. The van der Waals surface area contributed by atoms with Crippen LogP contribution < -0.4 is 10.4 Å². The number of hydrogen-bond donors (Lipinski definition) is 2. The van der Waals surface area contributed by atoms with Gasteiger partial charge in [-0.25, -0.2) is 19.8 Å². The van der Waals surface area contributed by atoms with Crippen LogP contribution in [-0.4, -0.2) is 34.5 Å². The molecule has 0 fully saturated rings. The number of benzene rings is 1. The van der Waals surface area contributed by atoms with Gasteiger partial charge in [0.2, 0.25) is 0 Å². The number of aromatic carboxylic acids is 1. The Morgan fingerprint density at radius 3 is 2.04 bits per heavy atom. The first-order valence-electron chi connectivity index (χ1n) is 7.64. The van der Waals surface area contributed by atoms with E-state index in [2.05, 4.69) is 5.43 Å². The van der Waals surface area contributed by atoms with Crippen LogP contribution in [0.25, 0.3) is 0 Å². The lowest BCUT2D eigenvalue weighted by molar-refractivity contribution is 0.0425. The average Bonchev–Trinajstić information content (AvgIpc) is 2.41. The second kappa shape index (κ2) is 7.42. The summed E-state index contributed by atoms with van der Waals surface area (Å²) in [5.41, 5.74) is 0.782. The summed E-state index contributed by atoms with van der Waals surface area (Å²) in [4.78, 5) is 35.6. The van der Waals surface area contributed by atoms with E-state index in [1.807, 2.05) is 0 Å². The third kappa shape index (κ3) is 7.11. The zero-order valence-corrected chi connectivity index (χ0v) is 15.2. The largest absolute Gasteiger partial charge is 0.478 e. The molecule has 2 amide bonds. The Hall–Kier alpha value is -2.77. The van der Waals surface area contributed by atoms with Gasteiger partial charge in [-0.15, -0.1) is 0 Å². The number of carboxylic acids is 1. The Morgan fingerprint density at radius 1 is 1.00 bits per heavy atom. The fourth-order valence-electron chi connectivity index (χ4n) is 1.69. The first-order chi connectivity index (χ1) is 11.3. The maximum atomic E-state index is 12.4. The summed E-state index contributed by atoms with van der Waals surface area (Å²) in [6.07, 6.45) is -1.75. The van der Waals surface area contributed by atoms with Crippen LogP contribution in [0.15, 0.2) is 24.3 Å². The van der Waals surface area contributed by atoms with Crippen LogP contribution in [0.3, 0.4) is 0 Å². The molecule has 0 aromatic heterocycles. The van der Waals surface area contributed by atoms with Gasteiger partial charge in [0.1, 0.15) is 11.2 Å². The SMILES string of the molecule is CC(C)(C)OC(=O)NN(C(=O)OC(C)(C)C)c1cccc(C(=O)O)c1. The van der Waals surface area contributed by atoms with E-state index < -0.39 is 29.4 Å². The van der Waals surface area contributed by atoms with Gasteiger partial charge in [-0.05, 0) is 59.7 Å². The van der Waals surface area contributed by atoms with Gasteiger partial charge in [0.05, 0.1) is 11.3 Å². The summed E-state index contributed by atoms with van der Waals surface area (Å²) in [6.45, 7) is 10.0. The van der Waals surface area contributed by atoms with Gasteiger partial charge in [0, 0.05) is 0 Å². The van der Waals surface area contributed by atoms with Crippen LogP contribution in [-0.2, 0) is 9.47 Å². The molecule has 0 radical (unpaired) electrons. The molecule has 0 aliphatic carbocycles. The third-order valence-electron chi connectivity index (χ3n) is 2.53. The number of anilines is 1. The fourth-order valence-corrected chi connectivity index (χ4v) is 1.69. The maximum absolute atomic E-state index is 12.4. The van der Waals surface area contributed by atoms with Crippen molar-refractivity contribution < 1.29 is 29.0 Å². The molecule has 8 heteroatoms. The van der Waals surface area contributed by atoms with Gasteiger partial charge in [-0.1, -0.05) is 6.07 Å². The summed E-state index contributed by atoms with van der Waals surface area (Å²) in [5.74, 6) is -1.16. The highest BCUT2D eigenvalue weighted by molar-refractivity contribution is 5.94. The minimum Gasteiger partial charge on any atom is -0.478 e. The smallest absolute Gasteiger partial charge is 0.434 e. The van der Waals surface area contributed by atoms with Gasteiger partial charge < -0.3 is 14.6 Å². The third-order valence-corrected chi connectivity index (χ3v) is 2.53. The zero-order valence-electron chi connectivity index (χ0n) is 15.2. The molecule has 0 bridgehead atoms. The van der Waals surface area contributed by atoms with Crippen molar-refractivity contribution in [2.75, 3.05) is 5.01 Å². The summed E-state index contributed by atoms with van der Waals surface area (Å²) in [7, 11) is 0. The molecule has 1 aromatic carbocycles. The standard InChI is InChI=1S/C17H24N2O6/c1-16(2,3)24-14(22)18-19(15(23)25-17(4,5)6)12-9-7-8-11(10-12)13(20)21/h7-10H,1-6H3,(H,18,22)(H,20,21). The highest BCUT2D eigenvalue weighted by Crippen LogP contribution is 2.19. The number of ether oxygens (including phenoxy) is 2. The molecule has 0 saturated carbocycles. The van der Waals surface area contributed by atoms with Crippen molar-refractivity contribution in [3.8, 4) is 0 Å². The van der Waals surface area contributed by atoms with E-state index in [1.54, 1.807) is 41.5 Å². The van der Waals surface area contributed by atoms with Crippen molar-refractivity contribution in [2.24, 2.45) is 0 Å². The Kier molecular flexibility index (Phi) is 6.01. The summed E-state index contributed by atoms with van der Waals surface area (Å²) in [5, 5.41) is 9.92. The van der Waals surface area contributed by atoms with Gasteiger partial charge in [0.25, 0.3) is 0 Å². The van der Waals surface area contributed by atoms with Crippen molar-refractivity contribution in [3.63, 3.8) is 0 Å². The number of nitrogens with one attached hydrogen (secondary N) is 1. The number of carbonyl (C=O) groups excluding carboxylic acids is 2. The molecule has 0 heterocycles. The van der Waals surface area contributed by atoms with Gasteiger partial charge in [-0.2, -0.15) is 5.01 Å². The molecule has 0 saturated heterocycles. The molecule has 0 aliphatic heterocycles. The summed E-state index contributed by atoms with van der Waals surface area (Å²) in [6, 6.07) is 5.52. The monoisotopic (exact) mass is 352 g/mol. The van der Waals surface area contributed by atoms with Crippen LogP contribution in [0.2, 0.25) is 0 Å². The number of carboxylic acid groups (broad SMARTS) is 1. The number of carbonyl (C=O) groups is 3. The van der Waals surface area contributed by atoms with E-state index in [0.717, 1.165) is 5.01 Å². The number of amides is 2. The zero-order chi connectivity index (χ0) is 19.4. The Bertz CT molecular complexity index is 658. The molecular formula is C17H24N2O6. The Balaban J connectivity index is 3.15. The van der Waals surface area contributed by atoms with Gasteiger partial charge in [0.15, 0.2) is 0 Å². The molecule has 0 spiro atoms. The molecule has 138 valence electrons. The normalized spacial score (nSPS) is 11.4. The van der Waals surface area contributed by atoms with E-state index in [0.29, 0.717) is 0 Å². The molecule has 0 atom stereocenters. The van der Waals surface area contributed by atoms with Crippen molar-refractivity contribution in [1.82, 2.24) is 5.43 Å². The van der Waals surface area contributed by atoms with Crippen molar-refractivity contribution in [2.45, 2.75) is 52.7 Å². The number of hydrogen-bond acceptors (Lipinski definition) is 5. The Labute approximate surface area is 146 Å². The van der Waals surface area contributed by atoms with Crippen molar-refractivity contribution >= 4 is 23.8 Å². The maximum Gasteiger partial charge on any atom is 0.434 e. The highest BCUT2D eigenvalue weighted by atomic mass is 16.6. The van der Waals surface area contributed by atoms with Crippen LogP contribution in [0, 0.1) is 0 Å². The van der Waals surface area contributed by atoms with Crippen LogP contribution in [0.5, 0.6) is 0 Å². The van der Waals surface area contributed by atoms with E-state index in [-0.39, 0.29) is 11.3 Å². The summed E-state index contributed by atoms with van der Waals surface area (Å²) < 4.78 is 10.4. The predicted molar refractivity (Wildman–Crippen MR) is 91.5 cm³/mol. The molecule has 1 aromatic rings. The quantitative estimate of drug-likeness (QED) is 0.788. The molecule has 0 aliphatic rings. The first kappa shape index (κ1) is 20.3. The number of nitrogens with zero attached hydrogens (tertiary/aromatic N) is 1. The topological polar surface area (TPSA) is 105 Å². The summed E-state index contributed by atoms with van der Waals surface area (Å²) >= 11 is 0. The van der Waals surface area contributed by atoms with E-state index in [1.165, 1.54) is 24.3 Å². The van der Waals surface area contributed by atoms with E-state index in [4.69, 9.17) is 14.6 Å². The molecule has 8 nitrogen and oxygen atoms in total. The molecular weight excluding hydrogens is 328 g/mol. The lowest BCUT2D eigenvalue weighted by atomic mass is 10.2. The van der Waals surface area contributed by atoms with Crippen molar-refractivity contribution in [3.05, 3.63) is 29.8 Å².